The molecule has 1 aliphatic heterocycles. The van der Waals surface area contributed by atoms with E-state index >= 15 is 0 Å². The fourth-order valence-corrected chi connectivity index (χ4v) is 2.59. The number of amides is 2. The summed E-state index contributed by atoms with van der Waals surface area (Å²) in [6.07, 6.45) is -2.20. The van der Waals surface area contributed by atoms with Crippen molar-refractivity contribution >= 4 is 17.8 Å². The van der Waals surface area contributed by atoms with Crippen molar-refractivity contribution in [2.24, 2.45) is 5.92 Å². The van der Waals surface area contributed by atoms with E-state index in [1.54, 1.807) is 11.2 Å². The van der Waals surface area contributed by atoms with Crippen molar-refractivity contribution in [1.29, 1.82) is 0 Å². The Morgan fingerprint density at radius 1 is 1.40 bits per heavy atom. The van der Waals surface area contributed by atoms with Gasteiger partial charge in [0, 0.05) is 13.1 Å². The smallest absolute Gasteiger partial charge is 0.451 e. The van der Waals surface area contributed by atoms with Gasteiger partial charge in [-0.15, -0.1) is 5.10 Å². The molecule has 0 radical (unpaired) electrons. The number of nitrogens with zero attached hydrogens (tertiary/aromatic N) is 3. The van der Waals surface area contributed by atoms with Crippen LogP contribution in [0.4, 0.5) is 19.1 Å². The van der Waals surface area contributed by atoms with E-state index in [4.69, 9.17) is 4.42 Å². The molecule has 3 heterocycles. The van der Waals surface area contributed by atoms with E-state index in [9.17, 15) is 22.8 Å². The Kier molecular flexibility index (Phi) is 4.47. The van der Waals surface area contributed by atoms with E-state index in [0.717, 1.165) is 0 Å². The van der Waals surface area contributed by atoms with Crippen molar-refractivity contribution in [2.45, 2.75) is 19.0 Å². The van der Waals surface area contributed by atoms with Gasteiger partial charge in [-0.2, -0.15) is 18.2 Å². The fourth-order valence-electron chi connectivity index (χ4n) is 2.59. The average molecular weight is 357 g/mol. The topological polar surface area (TPSA) is 104 Å². The lowest BCUT2D eigenvalue weighted by Gasteiger charge is -2.31. The molecule has 134 valence electrons. The van der Waals surface area contributed by atoms with Gasteiger partial charge in [-0.1, -0.05) is 0 Å². The van der Waals surface area contributed by atoms with Crippen molar-refractivity contribution in [3.05, 3.63) is 30.0 Å². The first-order valence-corrected chi connectivity index (χ1v) is 7.48. The zero-order chi connectivity index (χ0) is 18.0. The van der Waals surface area contributed by atoms with Crippen molar-refractivity contribution in [3.63, 3.8) is 0 Å². The van der Waals surface area contributed by atoms with Crippen LogP contribution in [0.25, 0.3) is 0 Å². The summed E-state index contributed by atoms with van der Waals surface area (Å²) in [7, 11) is 0. The van der Waals surface area contributed by atoms with Gasteiger partial charge in [-0.25, -0.2) is 0 Å². The van der Waals surface area contributed by atoms with Crippen LogP contribution in [0.2, 0.25) is 0 Å². The Hall–Kier alpha value is -2.85. The van der Waals surface area contributed by atoms with Gasteiger partial charge in [0.2, 0.25) is 17.7 Å². The number of rotatable bonds is 3. The Labute approximate surface area is 139 Å². The standard InChI is InChI=1S/C14H14F3N5O3/c15-14(16,17)12-19-13(21-20-12)18-10(23)8-3-1-5-22(7-8)11(24)9-4-2-6-25-9/h2,4,6,8H,1,3,5,7H2,(H2,18,19,20,21,23)/t8-/m0/s1. The van der Waals surface area contributed by atoms with Crippen LogP contribution in [-0.4, -0.2) is 45.0 Å². The fraction of sp³-hybridized carbons (Fsp3) is 0.429. The van der Waals surface area contributed by atoms with E-state index in [2.05, 4.69) is 15.4 Å². The number of hydrogen-bond donors (Lipinski definition) is 2. The van der Waals surface area contributed by atoms with Crippen LogP contribution < -0.4 is 5.32 Å². The number of carbonyl (C=O) groups excluding carboxylic acids is 2. The summed E-state index contributed by atoms with van der Waals surface area (Å²) in [5.74, 6) is -3.01. The number of carbonyl (C=O) groups is 2. The molecule has 11 heteroatoms. The maximum atomic E-state index is 12.5. The molecule has 0 bridgehead atoms. The Morgan fingerprint density at radius 2 is 2.20 bits per heavy atom. The number of piperidine rings is 1. The molecule has 0 aromatic carbocycles. The molecule has 0 unspecified atom stereocenters. The van der Waals surface area contributed by atoms with Gasteiger partial charge in [0.15, 0.2) is 5.76 Å². The summed E-state index contributed by atoms with van der Waals surface area (Å²) in [6.45, 7) is 0.615. The summed E-state index contributed by atoms with van der Waals surface area (Å²) in [6, 6.07) is 3.11. The number of H-pyrrole nitrogens is 1. The molecule has 1 fully saturated rings. The van der Waals surface area contributed by atoms with Crippen LogP contribution in [0, 0.1) is 5.92 Å². The maximum Gasteiger partial charge on any atom is 0.451 e. The lowest BCUT2D eigenvalue weighted by molar-refractivity contribution is -0.144. The first-order chi connectivity index (χ1) is 11.8. The molecular formula is C14H14F3N5O3. The Morgan fingerprint density at radius 3 is 2.84 bits per heavy atom. The van der Waals surface area contributed by atoms with E-state index in [1.807, 2.05) is 0 Å². The van der Waals surface area contributed by atoms with Crippen LogP contribution in [0.5, 0.6) is 0 Å². The Bertz CT molecular complexity index is 756. The second kappa shape index (κ2) is 6.57. The largest absolute Gasteiger partial charge is 0.459 e. The lowest BCUT2D eigenvalue weighted by atomic mass is 9.97. The average Bonchev–Trinajstić information content (AvgIpc) is 3.25. The SMILES string of the molecule is O=C(Nc1n[nH]c(C(F)(F)F)n1)[C@H]1CCCN(C(=O)c2ccco2)C1. The van der Waals surface area contributed by atoms with E-state index in [-0.39, 0.29) is 18.2 Å². The lowest BCUT2D eigenvalue weighted by Crippen LogP contribution is -2.43. The van der Waals surface area contributed by atoms with Gasteiger partial charge in [0.25, 0.3) is 5.91 Å². The number of furan rings is 1. The third kappa shape index (κ3) is 3.80. The number of alkyl halides is 3. The number of anilines is 1. The van der Waals surface area contributed by atoms with Crippen LogP contribution in [-0.2, 0) is 11.0 Å². The van der Waals surface area contributed by atoms with Crippen LogP contribution in [0.1, 0.15) is 29.2 Å². The highest BCUT2D eigenvalue weighted by atomic mass is 19.4. The molecule has 0 saturated carbocycles. The van der Waals surface area contributed by atoms with Crippen LogP contribution >= 0.6 is 0 Å². The third-order valence-corrected chi connectivity index (χ3v) is 3.80. The second-order valence-electron chi connectivity index (χ2n) is 5.56. The number of likely N-dealkylation sites (tertiary alicyclic amines) is 1. The molecule has 1 atom stereocenters. The number of aromatic nitrogens is 3. The minimum Gasteiger partial charge on any atom is -0.459 e. The predicted octanol–water partition coefficient (Wildman–Crippen LogP) is 1.91. The quantitative estimate of drug-likeness (QED) is 0.873. The zero-order valence-electron chi connectivity index (χ0n) is 12.8. The molecule has 2 N–H and O–H groups in total. The molecule has 2 aromatic heterocycles. The molecule has 3 rings (SSSR count). The van der Waals surface area contributed by atoms with Gasteiger partial charge < -0.3 is 9.32 Å². The van der Waals surface area contributed by atoms with Crippen molar-refractivity contribution in [3.8, 4) is 0 Å². The zero-order valence-corrected chi connectivity index (χ0v) is 12.8. The molecule has 2 amide bonds. The first-order valence-electron chi connectivity index (χ1n) is 7.48. The highest BCUT2D eigenvalue weighted by molar-refractivity contribution is 5.94. The minimum atomic E-state index is -4.67. The van der Waals surface area contributed by atoms with E-state index in [1.165, 1.54) is 17.2 Å². The molecule has 2 aromatic rings. The highest BCUT2D eigenvalue weighted by Gasteiger charge is 2.36. The van der Waals surface area contributed by atoms with Gasteiger partial charge in [-0.3, -0.25) is 20.0 Å². The monoisotopic (exact) mass is 357 g/mol. The number of nitrogens with one attached hydrogen (secondary N) is 2. The third-order valence-electron chi connectivity index (χ3n) is 3.80. The minimum absolute atomic E-state index is 0.141. The summed E-state index contributed by atoms with van der Waals surface area (Å²) in [4.78, 5) is 29.2. The summed E-state index contributed by atoms with van der Waals surface area (Å²) < 4.78 is 42.5. The van der Waals surface area contributed by atoms with Gasteiger partial charge >= 0.3 is 6.18 Å². The van der Waals surface area contributed by atoms with Crippen molar-refractivity contribution in [2.75, 3.05) is 18.4 Å². The molecule has 25 heavy (non-hydrogen) atoms. The highest BCUT2D eigenvalue weighted by Crippen LogP contribution is 2.26. The van der Waals surface area contributed by atoms with Crippen LogP contribution in [0.15, 0.2) is 22.8 Å². The number of hydrogen-bond acceptors (Lipinski definition) is 5. The molecule has 0 spiro atoms. The summed E-state index contributed by atoms with van der Waals surface area (Å²) in [5, 5.41) is 7.29. The van der Waals surface area contributed by atoms with Crippen molar-refractivity contribution < 1.29 is 27.2 Å². The predicted molar refractivity (Wildman–Crippen MR) is 77.3 cm³/mol. The summed E-state index contributed by atoms with van der Waals surface area (Å²) >= 11 is 0. The normalized spacial score (nSPS) is 18.2. The van der Waals surface area contributed by atoms with Crippen LogP contribution in [0.3, 0.4) is 0 Å². The van der Waals surface area contributed by atoms with Gasteiger partial charge in [0.1, 0.15) is 0 Å². The Balaban J connectivity index is 1.62. The van der Waals surface area contributed by atoms with E-state index < -0.39 is 29.8 Å². The second-order valence-corrected chi connectivity index (χ2v) is 5.56. The van der Waals surface area contributed by atoms with Gasteiger partial charge in [-0.05, 0) is 25.0 Å². The van der Waals surface area contributed by atoms with Gasteiger partial charge in [0.05, 0.1) is 12.2 Å². The maximum absolute atomic E-state index is 12.5. The number of halogens is 3. The first kappa shape index (κ1) is 17.0. The molecule has 8 nitrogen and oxygen atoms in total. The number of aromatic amines is 1. The van der Waals surface area contributed by atoms with Crippen molar-refractivity contribution in [1.82, 2.24) is 20.1 Å². The summed E-state index contributed by atoms with van der Waals surface area (Å²) in [5.41, 5.74) is 0. The van der Waals surface area contributed by atoms with E-state index in [0.29, 0.717) is 19.4 Å². The molecule has 0 aliphatic carbocycles. The molecular weight excluding hydrogens is 343 g/mol. The molecule has 1 aliphatic rings. The molecule has 1 saturated heterocycles.